The number of Topliss-reactive ketones (excluding diaryl/α,β-unsaturated/α-hetero) is 1. The lowest BCUT2D eigenvalue weighted by molar-refractivity contribution is 0.0161. The van der Waals surface area contributed by atoms with Crippen LogP contribution in [0.25, 0.3) is 0 Å². The van der Waals surface area contributed by atoms with Crippen molar-refractivity contribution < 1.29 is 23.5 Å². The molecule has 5 nitrogen and oxygen atoms in total. The molecule has 1 fully saturated rings. The summed E-state index contributed by atoms with van der Waals surface area (Å²) < 4.78 is 23.1. The van der Waals surface area contributed by atoms with E-state index in [1.807, 2.05) is 30.3 Å². The molecule has 1 unspecified atom stereocenters. The number of ketones is 1. The summed E-state index contributed by atoms with van der Waals surface area (Å²) >= 11 is 0. The highest BCUT2D eigenvalue weighted by molar-refractivity contribution is 5.97. The van der Waals surface area contributed by atoms with Gasteiger partial charge in [0.1, 0.15) is 11.9 Å². The van der Waals surface area contributed by atoms with Crippen LogP contribution in [0.4, 0.5) is 9.18 Å². The summed E-state index contributed by atoms with van der Waals surface area (Å²) in [7, 11) is 1.29. The van der Waals surface area contributed by atoms with Crippen LogP contribution in [0.3, 0.4) is 0 Å². The molecule has 1 saturated heterocycles. The van der Waals surface area contributed by atoms with Crippen LogP contribution in [-0.2, 0) is 9.47 Å². The third kappa shape index (κ3) is 5.16. The molecular formula is C22H24FNO4. The lowest BCUT2D eigenvalue weighted by atomic mass is 9.88. The zero-order chi connectivity index (χ0) is 19.9. The zero-order valence-electron chi connectivity index (χ0n) is 15.8. The molecule has 1 aliphatic heterocycles. The molecule has 0 bridgehead atoms. The molecule has 6 heteroatoms. The van der Waals surface area contributed by atoms with Crippen molar-refractivity contribution in [2.24, 2.45) is 5.92 Å². The summed E-state index contributed by atoms with van der Waals surface area (Å²) in [5, 5.41) is 0. The maximum Gasteiger partial charge on any atom is 0.508 e. The third-order valence-corrected chi connectivity index (χ3v) is 5.09. The topological polar surface area (TPSA) is 55.8 Å². The monoisotopic (exact) mass is 385 g/mol. The Hall–Kier alpha value is -2.73. The van der Waals surface area contributed by atoms with Gasteiger partial charge in [0.15, 0.2) is 5.78 Å². The SMILES string of the molecule is COC(=O)OC(CN1CCC(C(=O)c2ccc(F)cc2)CC1)c1ccccc1. The number of ether oxygens (including phenoxy) is 2. The zero-order valence-corrected chi connectivity index (χ0v) is 15.8. The molecule has 1 heterocycles. The molecule has 2 aromatic rings. The Kier molecular flexibility index (Phi) is 6.76. The fraction of sp³-hybridized carbons (Fsp3) is 0.364. The highest BCUT2D eigenvalue weighted by Crippen LogP contribution is 2.25. The van der Waals surface area contributed by atoms with Gasteiger partial charge < -0.3 is 9.47 Å². The van der Waals surface area contributed by atoms with Crippen molar-refractivity contribution >= 4 is 11.9 Å². The quantitative estimate of drug-likeness (QED) is 0.550. The van der Waals surface area contributed by atoms with E-state index in [0.29, 0.717) is 12.1 Å². The van der Waals surface area contributed by atoms with E-state index in [4.69, 9.17) is 4.74 Å². The summed E-state index contributed by atoms with van der Waals surface area (Å²) in [6.45, 7) is 1.99. The van der Waals surface area contributed by atoms with Crippen molar-refractivity contribution in [1.29, 1.82) is 0 Å². The molecule has 0 amide bonds. The predicted molar refractivity (Wildman–Crippen MR) is 103 cm³/mol. The Balaban J connectivity index is 1.59. The van der Waals surface area contributed by atoms with E-state index < -0.39 is 12.3 Å². The first-order valence-corrected chi connectivity index (χ1v) is 9.38. The maximum absolute atomic E-state index is 13.1. The van der Waals surface area contributed by atoms with Gasteiger partial charge in [0, 0.05) is 18.0 Å². The van der Waals surface area contributed by atoms with Crippen LogP contribution in [0.5, 0.6) is 0 Å². The summed E-state index contributed by atoms with van der Waals surface area (Å²) in [6.07, 6.45) is 0.291. The Morgan fingerprint density at radius 1 is 1.07 bits per heavy atom. The molecule has 0 aromatic heterocycles. The second-order valence-electron chi connectivity index (χ2n) is 6.92. The van der Waals surface area contributed by atoms with E-state index >= 15 is 0 Å². The van der Waals surface area contributed by atoms with Crippen molar-refractivity contribution in [2.75, 3.05) is 26.7 Å². The average Bonchev–Trinajstić information content (AvgIpc) is 2.74. The standard InChI is InChI=1S/C22H24FNO4/c1-27-22(26)28-20(16-5-3-2-4-6-16)15-24-13-11-18(12-14-24)21(25)17-7-9-19(23)10-8-17/h2-10,18,20H,11-15H2,1H3. The minimum atomic E-state index is -0.713. The van der Waals surface area contributed by atoms with Crippen molar-refractivity contribution in [3.63, 3.8) is 0 Å². The number of carbonyl (C=O) groups is 2. The lowest BCUT2D eigenvalue weighted by Crippen LogP contribution is -2.39. The van der Waals surface area contributed by atoms with Crippen LogP contribution in [-0.4, -0.2) is 43.6 Å². The second-order valence-corrected chi connectivity index (χ2v) is 6.92. The fourth-order valence-corrected chi connectivity index (χ4v) is 3.50. The first kappa shape index (κ1) is 20.0. The van der Waals surface area contributed by atoms with E-state index in [1.165, 1.54) is 19.2 Å². The first-order valence-electron chi connectivity index (χ1n) is 9.38. The number of carbonyl (C=O) groups excluding carboxylic acids is 2. The van der Waals surface area contributed by atoms with Crippen LogP contribution in [0.15, 0.2) is 54.6 Å². The van der Waals surface area contributed by atoms with Gasteiger partial charge >= 0.3 is 6.16 Å². The van der Waals surface area contributed by atoms with E-state index in [1.54, 1.807) is 12.1 Å². The normalized spacial score (nSPS) is 16.4. The van der Waals surface area contributed by atoms with Crippen LogP contribution >= 0.6 is 0 Å². The van der Waals surface area contributed by atoms with E-state index in [-0.39, 0.29) is 17.5 Å². The lowest BCUT2D eigenvalue weighted by Gasteiger charge is -2.33. The summed E-state index contributed by atoms with van der Waals surface area (Å²) in [5.74, 6) is -0.354. The van der Waals surface area contributed by atoms with Crippen molar-refractivity contribution in [3.05, 3.63) is 71.5 Å². The largest absolute Gasteiger partial charge is 0.508 e. The van der Waals surface area contributed by atoms with Crippen molar-refractivity contribution in [2.45, 2.75) is 18.9 Å². The van der Waals surface area contributed by atoms with Gasteiger partial charge in [0.25, 0.3) is 0 Å². The first-order chi connectivity index (χ1) is 13.6. The van der Waals surface area contributed by atoms with Gasteiger partial charge in [-0.15, -0.1) is 0 Å². The molecule has 3 rings (SSSR count). The van der Waals surface area contributed by atoms with E-state index in [0.717, 1.165) is 31.5 Å². The molecule has 0 spiro atoms. The highest BCUT2D eigenvalue weighted by atomic mass is 19.1. The fourth-order valence-electron chi connectivity index (χ4n) is 3.50. The molecule has 0 N–H and O–H groups in total. The van der Waals surface area contributed by atoms with Gasteiger partial charge in [0.05, 0.1) is 7.11 Å². The number of halogens is 1. The van der Waals surface area contributed by atoms with Gasteiger partial charge in [-0.25, -0.2) is 9.18 Å². The third-order valence-electron chi connectivity index (χ3n) is 5.09. The minimum Gasteiger partial charge on any atom is -0.438 e. The van der Waals surface area contributed by atoms with Crippen molar-refractivity contribution in [3.8, 4) is 0 Å². The number of methoxy groups -OCH3 is 1. The molecule has 0 radical (unpaired) electrons. The Labute approximate surface area is 164 Å². The number of benzene rings is 2. The molecule has 2 aromatic carbocycles. The van der Waals surface area contributed by atoms with Crippen LogP contribution in [0, 0.1) is 11.7 Å². The van der Waals surface area contributed by atoms with Crippen LogP contribution in [0.2, 0.25) is 0 Å². The number of rotatable bonds is 6. The van der Waals surface area contributed by atoms with E-state index in [2.05, 4.69) is 9.64 Å². The van der Waals surface area contributed by atoms with Gasteiger partial charge in [-0.1, -0.05) is 30.3 Å². The number of piperidine rings is 1. The maximum atomic E-state index is 13.1. The molecule has 0 saturated carbocycles. The van der Waals surface area contributed by atoms with E-state index in [9.17, 15) is 14.0 Å². The summed E-state index contributed by atoms with van der Waals surface area (Å²) in [4.78, 5) is 26.4. The second kappa shape index (κ2) is 9.46. The number of likely N-dealkylation sites (tertiary alicyclic amines) is 1. The molecular weight excluding hydrogens is 361 g/mol. The molecule has 148 valence electrons. The predicted octanol–water partition coefficient (Wildman–Crippen LogP) is 4.24. The minimum absolute atomic E-state index is 0.0603. The molecule has 0 aliphatic carbocycles. The Morgan fingerprint density at radius 3 is 2.32 bits per heavy atom. The molecule has 1 aliphatic rings. The van der Waals surface area contributed by atoms with Gasteiger partial charge in [-0.05, 0) is 55.8 Å². The summed E-state index contributed by atoms with van der Waals surface area (Å²) in [5.41, 5.74) is 1.45. The van der Waals surface area contributed by atoms with Gasteiger partial charge in [0.2, 0.25) is 0 Å². The molecule has 1 atom stereocenters. The van der Waals surface area contributed by atoms with Gasteiger partial charge in [-0.2, -0.15) is 0 Å². The van der Waals surface area contributed by atoms with Crippen LogP contribution in [0.1, 0.15) is 34.9 Å². The molecule has 28 heavy (non-hydrogen) atoms. The highest BCUT2D eigenvalue weighted by Gasteiger charge is 2.28. The van der Waals surface area contributed by atoms with Crippen molar-refractivity contribution in [1.82, 2.24) is 4.90 Å². The smallest absolute Gasteiger partial charge is 0.438 e. The Bertz CT molecular complexity index is 786. The van der Waals surface area contributed by atoms with Gasteiger partial charge in [-0.3, -0.25) is 9.69 Å². The Morgan fingerprint density at radius 2 is 1.71 bits per heavy atom. The number of hydrogen-bond acceptors (Lipinski definition) is 5. The summed E-state index contributed by atoms with van der Waals surface area (Å²) in [6, 6.07) is 15.3. The number of hydrogen-bond donors (Lipinski definition) is 0. The average molecular weight is 385 g/mol. The number of nitrogens with zero attached hydrogens (tertiary/aromatic N) is 1. The van der Waals surface area contributed by atoms with Crippen LogP contribution < -0.4 is 0 Å².